The van der Waals surface area contributed by atoms with Gasteiger partial charge in [-0.2, -0.15) is 0 Å². The molecule has 154 valence electrons. The van der Waals surface area contributed by atoms with Crippen LogP contribution in [0.2, 0.25) is 5.02 Å². The molecule has 0 atom stereocenters. The molecule has 7 nitrogen and oxygen atoms in total. The smallest absolute Gasteiger partial charge is 0.299 e. The summed E-state index contributed by atoms with van der Waals surface area (Å²) in [5.41, 5.74) is 1.47. The lowest BCUT2D eigenvalue weighted by atomic mass is 10.1. The Morgan fingerprint density at radius 3 is 2.47 bits per heavy atom. The first-order valence-corrected chi connectivity index (χ1v) is 9.27. The first kappa shape index (κ1) is 21.2. The minimum absolute atomic E-state index is 0.0863. The van der Waals surface area contributed by atoms with E-state index >= 15 is 0 Å². The Labute approximate surface area is 176 Å². The predicted octanol–water partition coefficient (Wildman–Crippen LogP) is 3.90. The van der Waals surface area contributed by atoms with Crippen LogP contribution >= 0.6 is 11.6 Å². The highest BCUT2D eigenvalue weighted by molar-refractivity contribution is 6.46. The largest absolute Gasteiger partial charge is 0.344 e. The number of Topliss-reactive ketones (excluding diaryl/α,β-unsaturated/α-hetero) is 1. The molecule has 0 aliphatic carbocycles. The molecular weight excluding hydrogens is 411 g/mol. The number of carbonyl (C=O) groups is 3. The molecule has 3 rings (SSSR count). The number of aromatic nitrogens is 2. The number of halogens is 2. The zero-order valence-corrected chi connectivity index (χ0v) is 17.2. The van der Waals surface area contributed by atoms with Crippen molar-refractivity contribution >= 4 is 40.7 Å². The Bertz CT molecular complexity index is 1160. The van der Waals surface area contributed by atoms with Crippen molar-refractivity contribution in [2.24, 2.45) is 7.05 Å². The molecule has 0 saturated carbocycles. The normalized spacial score (nSPS) is 10.6. The number of nitrogens with zero attached hydrogens (tertiary/aromatic N) is 2. The highest BCUT2D eigenvalue weighted by atomic mass is 35.5. The molecule has 0 unspecified atom stereocenters. The number of hydrogen-bond acceptors (Lipinski definition) is 4. The highest BCUT2D eigenvalue weighted by Crippen LogP contribution is 2.25. The van der Waals surface area contributed by atoms with Gasteiger partial charge in [0.15, 0.2) is 0 Å². The summed E-state index contributed by atoms with van der Waals surface area (Å²) in [5.74, 6) is -2.53. The zero-order valence-electron chi connectivity index (χ0n) is 16.4. The minimum Gasteiger partial charge on any atom is -0.344 e. The van der Waals surface area contributed by atoms with Gasteiger partial charge in [-0.05, 0) is 49.7 Å². The maximum atomic E-state index is 13.3. The van der Waals surface area contributed by atoms with Crippen LogP contribution in [-0.2, 0) is 11.8 Å². The van der Waals surface area contributed by atoms with Gasteiger partial charge in [0, 0.05) is 24.6 Å². The highest BCUT2D eigenvalue weighted by Gasteiger charge is 2.28. The van der Waals surface area contributed by atoms with Crippen molar-refractivity contribution in [3.05, 3.63) is 75.9 Å². The van der Waals surface area contributed by atoms with E-state index in [-0.39, 0.29) is 22.1 Å². The van der Waals surface area contributed by atoms with Crippen molar-refractivity contribution in [3.8, 4) is 0 Å². The summed E-state index contributed by atoms with van der Waals surface area (Å²) in [6.45, 7) is 3.24. The van der Waals surface area contributed by atoms with Crippen molar-refractivity contribution < 1.29 is 18.8 Å². The number of amides is 2. The Hall–Kier alpha value is -3.52. The van der Waals surface area contributed by atoms with Crippen LogP contribution in [0.4, 0.5) is 15.9 Å². The molecule has 0 saturated heterocycles. The summed E-state index contributed by atoms with van der Waals surface area (Å²) in [4.78, 5) is 41.9. The van der Waals surface area contributed by atoms with Crippen LogP contribution in [0.25, 0.3) is 0 Å². The number of ketones is 1. The van der Waals surface area contributed by atoms with Crippen LogP contribution in [0, 0.1) is 19.7 Å². The topological polar surface area (TPSA) is 93.1 Å². The SMILES string of the molecule is Cc1c(C(=O)Nc2ccc(F)c(Cl)c2)c(C)n(C)c1C(=O)C(=O)Nc1ccccn1. The lowest BCUT2D eigenvalue weighted by molar-refractivity contribution is -0.112. The number of anilines is 2. The molecule has 2 heterocycles. The van der Waals surface area contributed by atoms with E-state index in [1.165, 1.54) is 22.9 Å². The van der Waals surface area contributed by atoms with Gasteiger partial charge in [-0.15, -0.1) is 0 Å². The van der Waals surface area contributed by atoms with Crippen LogP contribution in [0.5, 0.6) is 0 Å². The second kappa shape index (κ2) is 8.46. The molecule has 3 aromatic rings. The van der Waals surface area contributed by atoms with Crippen LogP contribution in [0.1, 0.15) is 32.1 Å². The summed E-state index contributed by atoms with van der Waals surface area (Å²) < 4.78 is 14.8. The third-order valence-electron chi connectivity index (χ3n) is 4.66. The summed E-state index contributed by atoms with van der Waals surface area (Å²) in [6.07, 6.45) is 1.49. The molecule has 0 radical (unpaired) electrons. The van der Waals surface area contributed by atoms with Crippen LogP contribution in [-0.4, -0.2) is 27.1 Å². The maximum Gasteiger partial charge on any atom is 0.299 e. The van der Waals surface area contributed by atoms with Crippen molar-refractivity contribution in [2.75, 3.05) is 10.6 Å². The molecule has 0 fully saturated rings. The predicted molar refractivity (Wildman–Crippen MR) is 111 cm³/mol. The monoisotopic (exact) mass is 428 g/mol. The van der Waals surface area contributed by atoms with Crippen molar-refractivity contribution in [3.63, 3.8) is 0 Å². The molecule has 2 N–H and O–H groups in total. The Morgan fingerprint density at radius 1 is 1.10 bits per heavy atom. The van der Waals surface area contributed by atoms with Gasteiger partial charge >= 0.3 is 0 Å². The Kier molecular flexibility index (Phi) is 5.98. The summed E-state index contributed by atoms with van der Waals surface area (Å²) >= 11 is 5.75. The first-order chi connectivity index (χ1) is 14.2. The van der Waals surface area contributed by atoms with Gasteiger partial charge in [-0.3, -0.25) is 14.4 Å². The average Bonchev–Trinajstić information content (AvgIpc) is 2.93. The standard InChI is InChI=1S/C21H18ClFN4O3/c1-11-17(20(29)25-13-7-8-15(23)14(22)10-13)12(2)27(3)18(11)19(28)21(30)26-16-6-4-5-9-24-16/h4-10H,1-3H3,(H,25,29)(H,24,26,30). The number of pyridine rings is 1. The lowest BCUT2D eigenvalue weighted by Gasteiger charge is -2.07. The average molecular weight is 429 g/mol. The Balaban J connectivity index is 1.88. The second-order valence-electron chi connectivity index (χ2n) is 6.57. The molecule has 0 bridgehead atoms. The third-order valence-corrected chi connectivity index (χ3v) is 4.95. The van der Waals surface area contributed by atoms with E-state index in [0.29, 0.717) is 16.9 Å². The van der Waals surface area contributed by atoms with E-state index in [0.717, 1.165) is 6.07 Å². The van der Waals surface area contributed by atoms with E-state index in [9.17, 15) is 18.8 Å². The van der Waals surface area contributed by atoms with Gasteiger partial charge in [-0.1, -0.05) is 17.7 Å². The zero-order chi connectivity index (χ0) is 22.0. The lowest BCUT2D eigenvalue weighted by Crippen LogP contribution is -2.26. The molecule has 0 aliphatic rings. The summed E-state index contributed by atoms with van der Waals surface area (Å²) in [5, 5.41) is 4.94. The fourth-order valence-corrected chi connectivity index (χ4v) is 3.30. The van der Waals surface area contributed by atoms with Gasteiger partial charge in [0.2, 0.25) is 0 Å². The Morgan fingerprint density at radius 2 is 1.83 bits per heavy atom. The van der Waals surface area contributed by atoms with E-state index < -0.39 is 23.4 Å². The fourth-order valence-electron chi connectivity index (χ4n) is 3.12. The van der Waals surface area contributed by atoms with Crippen LogP contribution < -0.4 is 10.6 Å². The number of benzene rings is 1. The van der Waals surface area contributed by atoms with Crippen molar-refractivity contribution in [1.29, 1.82) is 0 Å². The molecular formula is C21H18ClFN4O3. The van der Waals surface area contributed by atoms with E-state index in [1.54, 1.807) is 39.1 Å². The molecule has 30 heavy (non-hydrogen) atoms. The molecule has 0 aliphatic heterocycles. The molecule has 0 spiro atoms. The van der Waals surface area contributed by atoms with Crippen molar-refractivity contribution in [1.82, 2.24) is 9.55 Å². The van der Waals surface area contributed by atoms with Gasteiger partial charge in [-0.25, -0.2) is 9.37 Å². The molecule has 1 aromatic carbocycles. The summed E-state index contributed by atoms with van der Waals surface area (Å²) in [7, 11) is 1.59. The molecule has 9 heteroatoms. The fraction of sp³-hybridized carbons (Fsp3) is 0.143. The van der Waals surface area contributed by atoms with E-state index in [4.69, 9.17) is 11.6 Å². The molecule has 2 aromatic heterocycles. The number of carbonyl (C=O) groups excluding carboxylic acids is 3. The van der Waals surface area contributed by atoms with Crippen LogP contribution in [0.3, 0.4) is 0 Å². The molecule has 2 amide bonds. The number of nitrogens with one attached hydrogen (secondary N) is 2. The van der Waals surface area contributed by atoms with Crippen molar-refractivity contribution in [2.45, 2.75) is 13.8 Å². The van der Waals surface area contributed by atoms with Gasteiger partial charge in [0.05, 0.1) is 16.3 Å². The van der Waals surface area contributed by atoms with Crippen LogP contribution in [0.15, 0.2) is 42.6 Å². The quantitative estimate of drug-likeness (QED) is 0.476. The summed E-state index contributed by atoms with van der Waals surface area (Å²) in [6, 6.07) is 8.71. The number of rotatable bonds is 5. The minimum atomic E-state index is -0.866. The van der Waals surface area contributed by atoms with Gasteiger partial charge in [0.1, 0.15) is 11.6 Å². The third kappa shape index (κ3) is 4.08. The van der Waals surface area contributed by atoms with E-state index in [1.807, 2.05) is 0 Å². The van der Waals surface area contributed by atoms with E-state index in [2.05, 4.69) is 15.6 Å². The second-order valence-corrected chi connectivity index (χ2v) is 6.98. The number of hydrogen-bond donors (Lipinski definition) is 2. The van der Waals surface area contributed by atoms with Gasteiger partial charge < -0.3 is 15.2 Å². The first-order valence-electron chi connectivity index (χ1n) is 8.89. The van der Waals surface area contributed by atoms with Gasteiger partial charge in [0.25, 0.3) is 17.6 Å². The maximum absolute atomic E-state index is 13.3.